The molecule has 0 unspecified atom stereocenters. The zero-order valence-electron chi connectivity index (χ0n) is 9.58. The van der Waals surface area contributed by atoms with E-state index in [0.717, 1.165) is 6.42 Å². The van der Waals surface area contributed by atoms with Gasteiger partial charge in [0.25, 0.3) is 0 Å². The summed E-state index contributed by atoms with van der Waals surface area (Å²) in [5, 5.41) is 0. The first-order valence-electron chi connectivity index (χ1n) is 5.26. The number of hydrogen-bond acceptors (Lipinski definition) is 4. The molecular weight excluding hydrogens is 194 g/mol. The Hall–Kier alpha value is -0.900. The largest absolute Gasteiger partial charge is 0.460 e. The zero-order chi connectivity index (χ0) is 11.7. The third-order valence-electron chi connectivity index (χ3n) is 2.66. The van der Waals surface area contributed by atoms with Gasteiger partial charge in [0.1, 0.15) is 11.9 Å². The van der Waals surface area contributed by atoms with Crippen molar-refractivity contribution in [2.45, 2.75) is 51.2 Å². The van der Waals surface area contributed by atoms with E-state index in [1.807, 2.05) is 0 Å². The van der Waals surface area contributed by atoms with Gasteiger partial charge in [-0.25, -0.2) is 0 Å². The van der Waals surface area contributed by atoms with Crippen molar-refractivity contribution < 1.29 is 14.3 Å². The molecule has 0 radical (unpaired) electrons. The number of esters is 1. The van der Waals surface area contributed by atoms with Gasteiger partial charge in [0.05, 0.1) is 11.5 Å². The summed E-state index contributed by atoms with van der Waals surface area (Å²) in [7, 11) is 0. The van der Waals surface area contributed by atoms with Crippen LogP contribution < -0.4 is 5.73 Å². The predicted molar refractivity (Wildman–Crippen MR) is 56.2 cm³/mol. The molecule has 2 atom stereocenters. The van der Waals surface area contributed by atoms with E-state index in [-0.39, 0.29) is 5.97 Å². The van der Waals surface area contributed by atoms with E-state index in [1.54, 1.807) is 20.8 Å². The molecule has 15 heavy (non-hydrogen) atoms. The molecular formula is C11H19NO3. The van der Waals surface area contributed by atoms with Crippen molar-refractivity contribution in [3.8, 4) is 0 Å². The third-order valence-corrected chi connectivity index (χ3v) is 2.66. The van der Waals surface area contributed by atoms with E-state index in [0.29, 0.717) is 19.1 Å². The van der Waals surface area contributed by atoms with Crippen LogP contribution >= 0.6 is 0 Å². The fourth-order valence-electron chi connectivity index (χ4n) is 1.91. The van der Waals surface area contributed by atoms with Gasteiger partial charge in [-0.3, -0.25) is 4.79 Å². The van der Waals surface area contributed by atoms with Crippen LogP contribution in [0.1, 0.15) is 40.0 Å². The maximum absolute atomic E-state index is 11.8. The number of aldehydes is 1. The highest BCUT2D eigenvalue weighted by Gasteiger charge is 2.45. The summed E-state index contributed by atoms with van der Waals surface area (Å²) >= 11 is 0. The summed E-state index contributed by atoms with van der Waals surface area (Å²) in [4.78, 5) is 22.7. The summed E-state index contributed by atoms with van der Waals surface area (Å²) in [6, 6.07) is 0. The number of nitrogens with two attached hydrogens (primary N) is 1. The Bertz CT molecular complexity index is 269. The second kappa shape index (κ2) is 3.93. The Morgan fingerprint density at radius 3 is 2.60 bits per heavy atom. The van der Waals surface area contributed by atoms with E-state index in [1.165, 1.54) is 0 Å². The number of hydrogen-bond donors (Lipinski definition) is 1. The normalized spacial score (nSPS) is 31.3. The van der Waals surface area contributed by atoms with Crippen molar-refractivity contribution in [1.82, 2.24) is 0 Å². The molecule has 0 aromatic carbocycles. The lowest BCUT2D eigenvalue weighted by molar-refractivity contribution is -0.162. The molecule has 1 fully saturated rings. The van der Waals surface area contributed by atoms with Crippen molar-refractivity contribution in [2.75, 3.05) is 0 Å². The summed E-state index contributed by atoms with van der Waals surface area (Å²) in [6.07, 6.45) is 2.71. The Kier molecular flexibility index (Phi) is 3.19. The van der Waals surface area contributed by atoms with Gasteiger partial charge in [0.2, 0.25) is 0 Å². The Balaban J connectivity index is 2.72. The molecule has 0 heterocycles. The topological polar surface area (TPSA) is 69.4 Å². The van der Waals surface area contributed by atoms with Gasteiger partial charge in [-0.1, -0.05) is 6.42 Å². The molecule has 1 saturated carbocycles. The summed E-state index contributed by atoms with van der Waals surface area (Å²) in [5.74, 6) is -0.830. The zero-order valence-corrected chi connectivity index (χ0v) is 9.58. The molecule has 1 aliphatic rings. The molecule has 2 N–H and O–H groups in total. The smallest absolute Gasteiger partial charge is 0.311 e. The molecule has 1 rings (SSSR count). The van der Waals surface area contributed by atoms with Crippen LogP contribution in [0.3, 0.4) is 0 Å². The fraction of sp³-hybridized carbons (Fsp3) is 0.818. The van der Waals surface area contributed by atoms with E-state index in [4.69, 9.17) is 10.5 Å². The van der Waals surface area contributed by atoms with Crippen LogP contribution in [0, 0.1) is 5.92 Å². The van der Waals surface area contributed by atoms with E-state index < -0.39 is 17.1 Å². The second-order valence-electron chi connectivity index (χ2n) is 5.21. The molecule has 0 saturated heterocycles. The average molecular weight is 213 g/mol. The highest BCUT2D eigenvalue weighted by molar-refractivity contribution is 5.82. The third kappa shape index (κ3) is 2.78. The highest BCUT2D eigenvalue weighted by Crippen LogP contribution is 2.34. The first kappa shape index (κ1) is 12.2. The van der Waals surface area contributed by atoms with Crippen molar-refractivity contribution >= 4 is 12.3 Å². The second-order valence-corrected chi connectivity index (χ2v) is 5.21. The minimum Gasteiger partial charge on any atom is -0.460 e. The van der Waals surface area contributed by atoms with Crippen LogP contribution in [0.4, 0.5) is 0 Å². The molecule has 0 amide bonds. The van der Waals surface area contributed by atoms with Gasteiger partial charge in [0.15, 0.2) is 0 Å². The van der Waals surface area contributed by atoms with Crippen molar-refractivity contribution in [2.24, 2.45) is 11.7 Å². The molecule has 86 valence electrons. The van der Waals surface area contributed by atoms with Gasteiger partial charge in [-0.05, 0) is 33.6 Å². The Labute approximate surface area is 90.2 Å². The summed E-state index contributed by atoms with van der Waals surface area (Å²) in [6.45, 7) is 5.41. The van der Waals surface area contributed by atoms with Crippen LogP contribution in [-0.2, 0) is 14.3 Å². The number of carbonyl (C=O) groups is 2. The maximum atomic E-state index is 11.8. The number of ether oxygens (including phenoxy) is 1. The van der Waals surface area contributed by atoms with Crippen LogP contribution in [0.15, 0.2) is 0 Å². The molecule has 0 aliphatic heterocycles. The SMILES string of the molecule is CC(C)(C)OC(=O)[C@@H]1CCC[C@]1(N)C=O. The van der Waals surface area contributed by atoms with Crippen molar-refractivity contribution in [3.63, 3.8) is 0 Å². The molecule has 0 aromatic rings. The van der Waals surface area contributed by atoms with Gasteiger partial charge < -0.3 is 15.3 Å². The molecule has 0 spiro atoms. The lowest BCUT2D eigenvalue weighted by Gasteiger charge is -2.27. The molecule has 0 bridgehead atoms. The minimum atomic E-state index is -1.01. The summed E-state index contributed by atoms with van der Waals surface area (Å²) in [5.41, 5.74) is 4.32. The van der Waals surface area contributed by atoms with E-state index in [2.05, 4.69) is 0 Å². The monoisotopic (exact) mass is 213 g/mol. The lowest BCUT2D eigenvalue weighted by atomic mass is 9.89. The van der Waals surface area contributed by atoms with Crippen LogP contribution in [0.5, 0.6) is 0 Å². The standard InChI is InChI=1S/C11H19NO3/c1-10(2,3)15-9(14)8-5-4-6-11(8,12)7-13/h7-8H,4-6,12H2,1-3H3/t8-,11-/m0/s1. The first-order chi connectivity index (χ1) is 6.78. The van der Waals surface area contributed by atoms with Crippen LogP contribution in [0.25, 0.3) is 0 Å². The van der Waals surface area contributed by atoms with Gasteiger partial charge in [-0.2, -0.15) is 0 Å². The lowest BCUT2D eigenvalue weighted by Crippen LogP contribution is -2.49. The fourth-order valence-corrected chi connectivity index (χ4v) is 1.91. The number of carbonyl (C=O) groups excluding carboxylic acids is 2. The van der Waals surface area contributed by atoms with Gasteiger partial charge in [-0.15, -0.1) is 0 Å². The first-order valence-corrected chi connectivity index (χ1v) is 5.26. The highest BCUT2D eigenvalue weighted by atomic mass is 16.6. The average Bonchev–Trinajstić information content (AvgIpc) is 2.45. The predicted octanol–water partition coefficient (Wildman–Crippen LogP) is 1.02. The number of rotatable bonds is 2. The quantitative estimate of drug-likeness (QED) is 0.549. The van der Waals surface area contributed by atoms with Crippen LogP contribution in [0.2, 0.25) is 0 Å². The van der Waals surface area contributed by atoms with E-state index in [9.17, 15) is 9.59 Å². The Morgan fingerprint density at radius 1 is 1.53 bits per heavy atom. The minimum absolute atomic E-state index is 0.352. The molecule has 4 heteroatoms. The van der Waals surface area contributed by atoms with Crippen molar-refractivity contribution in [3.05, 3.63) is 0 Å². The Morgan fingerprint density at radius 2 is 2.13 bits per heavy atom. The van der Waals surface area contributed by atoms with E-state index >= 15 is 0 Å². The van der Waals surface area contributed by atoms with Crippen LogP contribution in [-0.4, -0.2) is 23.4 Å². The molecule has 1 aliphatic carbocycles. The van der Waals surface area contributed by atoms with Crippen molar-refractivity contribution in [1.29, 1.82) is 0 Å². The maximum Gasteiger partial charge on any atom is 0.311 e. The van der Waals surface area contributed by atoms with Gasteiger partial charge in [0, 0.05) is 0 Å². The van der Waals surface area contributed by atoms with Gasteiger partial charge >= 0.3 is 5.97 Å². The summed E-state index contributed by atoms with van der Waals surface area (Å²) < 4.78 is 5.24. The molecule has 4 nitrogen and oxygen atoms in total. The molecule has 0 aromatic heterocycles.